The first-order chi connectivity index (χ1) is 7.50. The maximum absolute atomic E-state index is 11.6. The van der Waals surface area contributed by atoms with Crippen LogP contribution in [-0.2, 0) is 0 Å². The van der Waals surface area contributed by atoms with E-state index in [0.717, 1.165) is 5.82 Å². The molecule has 0 bridgehead atoms. The molecule has 1 rings (SSSR count). The first-order valence-corrected chi connectivity index (χ1v) is 5.18. The highest BCUT2D eigenvalue weighted by atomic mass is 16.2. The molecule has 5 heteroatoms. The fourth-order valence-corrected chi connectivity index (χ4v) is 1.15. The minimum absolute atomic E-state index is 0.0498. The number of nitrogens with zero attached hydrogens (tertiary/aromatic N) is 2. The topological polar surface area (TPSA) is 71.2 Å². The van der Waals surface area contributed by atoms with Gasteiger partial charge in [-0.25, -0.2) is 4.98 Å². The highest BCUT2D eigenvalue weighted by Gasteiger charge is 2.07. The minimum atomic E-state index is -0.0498. The van der Waals surface area contributed by atoms with Crippen molar-refractivity contribution in [3.8, 4) is 0 Å². The Balaban J connectivity index is 2.64. The molecule has 0 aliphatic carbocycles. The Morgan fingerprint density at radius 1 is 1.56 bits per heavy atom. The molecule has 0 aromatic carbocycles. The molecule has 1 heterocycles. The quantitative estimate of drug-likeness (QED) is 0.780. The van der Waals surface area contributed by atoms with Gasteiger partial charge in [0.25, 0.3) is 5.91 Å². The number of nitrogens with one attached hydrogen (secondary N) is 1. The number of nitrogens with two attached hydrogens (primary N) is 1. The Hall–Kier alpha value is -1.62. The van der Waals surface area contributed by atoms with E-state index in [-0.39, 0.29) is 11.9 Å². The fourth-order valence-electron chi connectivity index (χ4n) is 1.15. The second-order valence-electron chi connectivity index (χ2n) is 3.99. The molecule has 88 valence electrons. The van der Waals surface area contributed by atoms with Crippen molar-refractivity contribution in [1.82, 2.24) is 9.88 Å². The second kappa shape index (κ2) is 5.46. The van der Waals surface area contributed by atoms with Crippen molar-refractivity contribution in [3.63, 3.8) is 0 Å². The predicted octanol–water partition coefficient (Wildman–Crippen LogP) is 0.542. The molecule has 1 unspecified atom stereocenters. The van der Waals surface area contributed by atoms with Crippen molar-refractivity contribution in [2.75, 3.05) is 26.0 Å². The van der Waals surface area contributed by atoms with Gasteiger partial charge >= 0.3 is 0 Å². The van der Waals surface area contributed by atoms with E-state index in [1.165, 1.54) is 4.90 Å². The summed E-state index contributed by atoms with van der Waals surface area (Å²) in [6.45, 7) is 2.57. The Kier molecular flexibility index (Phi) is 4.25. The minimum Gasteiger partial charge on any atom is -0.369 e. The largest absolute Gasteiger partial charge is 0.369 e. The maximum atomic E-state index is 11.6. The first kappa shape index (κ1) is 12.4. The van der Waals surface area contributed by atoms with Gasteiger partial charge in [0.1, 0.15) is 5.82 Å². The number of rotatable bonds is 4. The van der Waals surface area contributed by atoms with Gasteiger partial charge in [0.05, 0.1) is 5.56 Å². The van der Waals surface area contributed by atoms with Crippen LogP contribution in [0.4, 0.5) is 5.82 Å². The van der Waals surface area contributed by atoms with Gasteiger partial charge in [0.15, 0.2) is 0 Å². The third-order valence-electron chi connectivity index (χ3n) is 2.02. The molecule has 1 amide bonds. The fraction of sp³-hybridized carbons (Fsp3) is 0.455. The molecule has 0 fully saturated rings. The van der Waals surface area contributed by atoms with Gasteiger partial charge < -0.3 is 16.0 Å². The maximum Gasteiger partial charge on any atom is 0.254 e. The van der Waals surface area contributed by atoms with Crippen LogP contribution in [-0.4, -0.2) is 42.5 Å². The number of carbonyl (C=O) groups is 1. The standard InChI is InChI=1S/C11H18N4O/c1-8(12)6-13-10-5-4-9(7-14-10)11(16)15(2)3/h4-5,7-8H,6,12H2,1-3H3,(H,13,14). The Morgan fingerprint density at radius 2 is 2.25 bits per heavy atom. The Bertz CT molecular complexity index is 346. The number of anilines is 1. The summed E-state index contributed by atoms with van der Waals surface area (Å²) in [5.41, 5.74) is 6.19. The van der Waals surface area contributed by atoms with Gasteiger partial charge in [-0.3, -0.25) is 4.79 Å². The Morgan fingerprint density at radius 3 is 2.69 bits per heavy atom. The molecule has 1 aromatic rings. The number of hydrogen-bond acceptors (Lipinski definition) is 4. The highest BCUT2D eigenvalue weighted by molar-refractivity contribution is 5.93. The molecule has 0 spiro atoms. The molecule has 1 atom stereocenters. The average Bonchev–Trinajstić information content (AvgIpc) is 2.26. The molecule has 16 heavy (non-hydrogen) atoms. The lowest BCUT2D eigenvalue weighted by molar-refractivity contribution is 0.0827. The van der Waals surface area contributed by atoms with Gasteiger partial charge in [0.2, 0.25) is 0 Å². The SMILES string of the molecule is CC(N)CNc1ccc(C(=O)N(C)C)cn1. The second-order valence-corrected chi connectivity index (χ2v) is 3.99. The number of pyridine rings is 1. The van der Waals surface area contributed by atoms with E-state index in [2.05, 4.69) is 10.3 Å². The van der Waals surface area contributed by atoms with Gasteiger partial charge in [0, 0.05) is 32.9 Å². The first-order valence-electron chi connectivity index (χ1n) is 5.18. The van der Waals surface area contributed by atoms with Crippen molar-refractivity contribution in [2.24, 2.45) is 5.73 Å². The highest BCUT2D eigenvalue weighted by Crippen LogP contribution is 2.06. The summed E-state index contributed by atoms with van der Waals surface area (Å²) in [7, 11) is 3.43. The molecule has 1 aromatic heterocycles. The van der Waals surface area contributed by atoms with E-state index in [4.69, 9.17) is 5.73 Å². The van der Waals surface area contributed by atoms with E-state index >= 15 is 0 Å². The third-order valence-corrected chi connectivity index (χ3v) is 2.02. The summed E-state index contributed by atoms with van der Waals surface area (Å²) in [6.07, 6.45) is 1.56. The average molecular weight is 222 g/mol. The van der Waals surface area contributed by atoms with Crippen LogP contribution in [0, 0.1) is 0 Å². The summed E-state index contributed by atoms with van der Waals surface area (Å²) < 4.78 is 0. The van der Waals surface area contributed by atoms with Crippen LogP contribution in [0.15, 0.2) is 18.3 Å². The zero-order valence-corrected chi connectivity index (χ0v) is 9.90. The van der Waals surface area contributed by atoms with Gasteiger partial charge in [-0.15, -0.1) is 0 Å². The van der Waals surface area contributed by atoms with E-state index in [0.29, 0.717) is 12.1 Å². The van der Waals surface area contributed by atoms with Crippen LogP contribution in [0.1, 0.15) is 17.3 Å². The lowest BCUT2D eigenvalue weighted by atomic mass is 10.2. The van der Waals surface area contributed by atoms with Crippen molar-refractivity contribution in [2.45, 2.75) is 13.0 Å². The molecular weight excluding hydrogens is 204 g/mol. The van der Waals surface area contributed by atoms with Crippen molar-refractivity contribution >= 4 is 11.7 Å². The van der Waals surface area contributed by atoms with E-state index < -0.39 is 0 Å². The summed E-state index contributed by atoms with van der Waals surface area (Å²) >= 11 is 0. The van der Waals surface area contributed by atoms with E-state index in [1.807, 2.05) is 6.92 Å². The van der Waals surface area contributed by atoms with Gasteiger partial charge in [-0.05, 0) is 19.1 Å². The predicted molar refractivity (Wildman–Crippen MR) is 64.4 cm³/mol. The molecule has 0 aliphatic rings. The van der Waals surface area contributed by atoms with E-state index in [1.54, 1.807) is 32.4 Å². The number of carbonyl (C=O) groups excluding carboxylic acids is 1. The van der Waals surface area contributed by atoms with Crippen LogP contribution in [0.3, 0.4) is 0 Å². The smallest absolute Gasteiger partial charge is 0.254 e. The molecule has 0 aliphatic heterocycles. The van der Waals surface area contributed by atoms with Gasteiger partial charge in [-0.2, -0.15) is 0 Å². The van der Waals surface area contributed by atoms with Crippen LogP contribution < -0.4 is 11.1 Å². The van der Waals surface area contributed by atoms with Crippen LogP contribution >= 0.6 is 0 Å². The van der Waals surface area contributed by atoms with Crippen LogP contribution in [0.2, 0.25) is 0 Å². The monoisotopic (exact) mass is 222 g/mol. The normalized spacial score (nSPS) is 12.0. The number of aromatic nitrogens is 1. The van der Waals surface area contributed by atoms with Crippen LogP contribution in [0.5, 0.6) is 0 Å². The molecule has 5 nitrogen and oxygen atoms in total. The summed E-state index contributed by atoms with van der Waals surface area (Å²) in [6, 6.07) is 3.60. The van der Waals surface area contributed by atoms with Crippen LogP contribution in [0.25, 0.3) is 0 Å². The van der Waals surface area contributed by atoms with Crippen molar-refractivity contribution in [3.05, 3.63) is 23.9 Å². The molecule has 0 saturated carbocycles. The third kappa shape index (κ3) is 3.51. The number of hydrogen-bond donors (Lipinski definition) is 2. The zero-order chi connectivity index (χ0) is 12.1. The summed E-state index contributed by atoms with van der Waals surface area (Å²) in [5, 5.41) is 3.08. The van der Waals surface area contributed by atoms with E-state index in [9.17, 15) is 4.79 Å². The number of amides is 1. The molecule has 0 saturated heterocycles. The summed E-state index contributed by atoms with van der Waals surface area (Å²) in [4.78, 5) is 17.2. The zero-order valence-electron chi connectivity index (χ0n) is 9.90. The molecular formula is C11H18N4O. The molecule has 3 N–H and O–H groups in total. The van der Waals surface area contributed by atoms with Crippen molar-refractivity contribution in [1.29, 1.82) is 0 Å². The Labute approximate surface area is 95.7 Å². The lowest BCUT2D eigenvalue weighted by Gasteiger charge is -2.11. The van der Waals surface area contributed by atoms with Crippen molar-refractivity contribution < 1.29 is 4.79 Å². The lowest BCUT2D eigenvalue weighted by Crippen LogP contribution is -2.25. The molecule has 0 radical (unpaired) electrons. The van der Waals surface area contributed by atoms with Gasteiger partial charge in [-0.1, -0.05) is 0 Å². The summed E-state index contributed by atoms with van der Waals surface area (Å²) in [5.74, 6) is 0.679.